The summed E-state index contributed by atoms with van der Waals surface area (Å²) in [4.78, 5) is 12.3. The summed E-state index contributed by atoms with van der Waals surface area (Å²) >= 11 is 5.63. The molecule has 0 radical (unpaired) electrons. The number of nitrogens with one attached hydrogen (secondary N) is 1. The quantitative estimate of drug-likeness (QED) is 0.166. The van der Waals surface area contributed by atoms with Gasteiger partial charge in [0.1, 0.15) is 12.4 Å². The van der Waals surface area contributed by atoms with Gasteiger partial charge in [0.2, 0.25) is 0 Å². The molecule has 0 unspecified atom stereocenters. The molecule has 0 saturated carbocycles. The number of halogens is 2. The van der Waals surface area contributed by atoms with Gasteiger partial charge in [0.15, 0.2) is 11.5 Å². The van der Waals surface area contributed by atoms with E-state index in [-0.39, 0.29) is 5.91 Å². The first kappa shape index (κ1) is 25.0. The summed E-state index contributed by atoms with van der Waals surface area (Å²) < 4.78 is 18.9. The summed E-state index contributed by atoms with van der Waals surface area (Å²) in [5, 5.41) is 4.08. The number of hydrazone groups is 1. The number of methoxy groups -OCH3 is 1. The predicted molar refractivity (Wildman–Crippen MR) is 141 cm³/mol. The maximum atomic E-state index is 12.3. The Bertz CT molecular complexity index is 1100. The van der Waals surface area contributed by atoms with Crippen molar-refractivity contribution in [2.45, 2.75) is 20.0 Å². The summed E-state index contributed by atoms with van der Waals surface area (Å²) in [6.45, 7) is 3.11. The highest BCUT2D eigenvalue weighted by molar-refractivity contribution is 14.1. The Balaban J connectivity index is 1.62. The number of carbonyl (C=O) groups excluding carboxylic acids is 1. The van der Waals surface area contributed by atoms with Crippen LogP contribution in [0.2, 0.25) is 0 Å². The summed E-state index contributed by atoms with van der Waals surface area (Å²) in [6, 6.07) is 18.6. The lowest BCUT2D eigenvalue weighted by atomic mass is 10.2. The normalized spacial score (nSPS) is 10.8. The zero-order valence-electron chi connectivity index (χ0n) is 18.3. The van der Waals surface area contributed by atoms with E-state index in [1.54, 1.807) is 37.6 Å². The largest absolute Gasteiger partial charge is 0.494 e. The molecule has 33 heavy (non-hydrogen) atoms. The van der Waals surface area contributed by atoms with Crippen molar-refractivity contribution >= 4 is 50.6 Å². The maximum absolute atomic E-state index is 12.3. The van der Waals surface area contributed by atoms with E-state index >= 15 is 0 Å². The highest BCUT2D eigenvalue weighted by atomic mass is 127. The van der Waals surface area contributed by atoms with Crippen LogP contribution < -0.4 is 19.6 Å². The molecule has 3 rings (SSSR count). The van der Waals surface area contributed by atoms with E-state index in [1.807, 2.05) is 43.3 Å². The molecule has 6 nitrogen and oxygen atoms in total. The van der Waals surface area contributed by atoms with Crippen LogP contribution in [0.3, 0.4) is 0 Å². The Labute approximate surface area is 215 Å². The fraction of sp³-hybridized carbons (Fsp3) is 0.200. The minimum Gasteiger partial charge on any atom is -0.494 e. The van der Waals surface area contributed by atoms with Gasteiger partial charge in [0.05, 0.1) is 23.5 Å². The highest BCUT2D eigenvalue weighted by Crippen LogP contribution is 2.34. The molecule has 1 N–H and O–H groups in total. The molecule has 172 valence electrons. The smallest absolute Gasteiger partial charge is 0.271 e. The first-order valence-corrected chi connectivity index (χ1v) is 12.2. The molecule has 0 atom stereocenters. The van der Waals surface area contributed by atoms with Gasteiger partial charge in [-0.1, -0.05) is 35.0 Å². The van der Waals surface area contributed by atoms with Crippen molar-refractivity contribution in [1.29, 1.82) is 0 Å². The lowest BCUT2D eigenvalue weighted by molar-refractivity contribution is 0.0955. The molecule has 0 bridgehead atoms. The van der Waals surface area contributed by atoms with Gasteiger partial charge in [-0.05, 0) is 88.7 Å². The van der Waals surface area contributed by atoms with Crippen molar-refractivity contribution in [3.05, 3.63) is 85.4 Å². The molecular weight excluding hydrogens is 599 g/mol. The number of rotatable bonds is 10. The third kappa shape index (κ3) is 7.46. The van der Waals surface area contributed by atoms with Gasteiger partial charge in [-0.15, -0.1) is 0 Å². The average molecular weight is 623 g/mol. The monoisotopic (exact) mass is 622 g/mol. The molecule has 0 spiro atoms. The SMILES string of the molecule is CCCOc1ccc(C(=O)N/N=C\c2cc(I)c(OCc3ccc(Br)cc3)c(OC)c2)cc1. The number of benzene rings is 3. The Kier molecular flexibility index (Phi) is 9.56. The van der Waals surface area contributed by atoms with Crippen molar-refractivity contribution < 1.29 is 19.0 Å². The molecule has 3 aromatic carbocycles. The summed E-state index contributed by atoms with van der Waals surface area (Å²) in [6.07, 6.45) is 2.50. The fourth-order valence-corrected chi connectivity index (χ4v) is 3.89. The molecule has 0 heterocycles. The van der Waals surface area contributed by atoms with Crippen molar-refractivity contribution in [2.75, 3.05) is 13.7 Å². The van der Waals surface area contributed by atoms with Crippen LogP contribution in [0.1, 0.15) is 34.8 Å². The van der Waals surface area contributed by atoms with Crippen LogP contribution >= 0.6 is 38.5 Å². The van der Waals surface area contributed by atoms with Crippen LogP contribution in [0, 0.1) is 3.57 Å². The summed E-state index contributed by atoms with van der Waals surface area (Å²) in [5.41, 5.74) is 4.87. The van der Waals surface area contributed by atoms with E-state index in [4.69, 9.17) is 14.2 Å². The summed E-state index contributed by atoms with van der Waals surface area (Å²) in [5.74, 6) is 1.69. The first-order chi connectivity index (χ1) is 16.0. The number of hydrogen-bond acceptors (Lipinski definition) is 5. The number of ether oxygens (including phenoxy) is 3. The van der Waals surface area contributed by atoms with E-state index in [0.29, 0.717) is 30.3 Å². The molecule has 0 fully saturated rings. The second kappa shape index (κ2) is 12.6. The third-order valence-corrected chi connectivity index (χ3v) is 5.85. The van der Waals surface area contributed by atoms with E-state index in [0.717, 1.165) is 31.3 Å². The predicted octanol–water partition coefficient (Wildman–Crippen LogP) is 6.19. The van der Waals surface area contributed by atoms with Crippen LogP contribution in [0.15, 0.2) is 70.2 Å². The van der Waals surface area contributed by atoms with Crippen LogP contribution in [0.25, 0.3) is 0 Å². The van der Waals surface area contributed by atoms with Gasteiger partial charge >= 0.3 is 0 Å². The zero-order valence-corrected chi connectivity index (χ0v) is 22.1. The molecule has 3 aromatic rings. The van der Waals surface area contributed by atoms with Gasteiger partial charge in [0.25, 0.3) is 5.91 Å². The van der Waals surface area contributed by atoms with Crippen molar-refractivity contribution in [3.63, 3.8) is 0 Å². The molecular formula is C25H24BrIN2O4. The van der Waals surface area contributed by atoms with Crippen molar-refractivity contribution in [2.24, 2.45) is 5.10 Å². The molecule has 0 aromatic heterocycles. The average Bonchev–Trinajstić information content (AvgIpc) is 2.83. The molecule has 0 aliphatic rings. The highest BCUT2D eigenvalue weighted by Gasteiger charge is 2.12. The minimum absolute atomic E-state index is 0.301. The number of nitrogens with zero attached hydrogens (tertiary/aromatic N) is 1. The van der Waals surface area contributed by atoms with Crippen LogP contribution in [0.4, 0.5) is 0 Å². The van der Waals surface area contributed by atoms with Gasteiger partial charge in [-0.25, -0.2) is 5.43 Å². The number of hydrogen-bond donors (Lipinski definition) is 1. The standard InChI is InChI=1S/C25H24BrIN2O4/c1-3-12-32-21-10-6-19(7-11-21)25(30)29-28-15-18-13-22(27)24(23(14-18)31-2)33-16-17-4-8-20(26)9-5-17/h4-11,13-15H,3,12,16H2,1-2H3,(H,29,30)/b28-15-. The first-order valence-electron chi connectivity index (χ1n) is 10.3. The number of carbonyl (C=O) groups is 1. The lowest BCUT2D eigenvalue weighted by Crippen LogP contribution is -2.17. The van der Waals surface area contributed by atoms with E-state index < -0.39 is 0 Å². The Morgan fingerprint density at radius 3 is 2.48 bits per heavy atom. The van der Waals surface area contributed by atoms with E-state index in [1.165, 1.54) is 0 Å². The third-order valence-electron chi connectivity index (χ3n) is 4.52. The van der Waals surface area contributed by atoms with E-state index in [2.05, 4.69) is 49.0 Å². The maximum Gasteiger partial charge on any atom is 0.271 e. The number of amides is 1. The van der Waals surface area contributed by atoms with Gasteiger partial charge < -0.3 is 14.2 Å². The zero-order chi connectivity index (χ0) is 23.6. The van der Waals surface area contributed by atoms with Crippen LogP contribution in [-0.4, -0.2) is 25.8 Å². The molecule has 8 heteroatoms. The fourth-order valence-electron chi connectivity index (χ4n) is 2.84. The molecule has 1 amide bonds. The second-order valence-corrected chi connectivity index (χ2v) is 9.10. The molecule has 0 aliphatic heterocycles. The van der Waals surface area contributed by atoms with Crippen molar-refractivity contribution in [3.8, 4) is 17.2 Å². The van der Waals surface area contributed by atoms with Gasteiger partial charge in [-0.2, -0.15) is 5.10 Å². The van der Waals surface area contributed by atoms with Crippen LogP contribution in [-0.2, 0) is 6.61 Å². The summed E-state index contributed by atoms with van der Waals surface area (Å²) in [7, 11) is 1.59. The Hall–Kier alpha value is -2.59. The lowest BCUT2D eigenvalue weighted by Gasteiger charge is -2.13. The second-order valence-electron chi connectivity index (χ2n) is 7.02. The van der Waals surface area contributed by atoms with Gasteiger partial charge in [0, 0.05) is 10.0 Å². The molecule has 0 saturated heterocycles. The Morgan fingerprint density at radius 2 is 1.82 bits per heavy atom. The van der Waals surface area contributed by atoms with Crippen LogP contribution in [0.5, 0.6) is 17.2 Å². The molecule has 0 aliphatic carbocycles. The van der Waals surface area contributed by atoms with Crippen molar-refractivity contribution in [1.82, 2.24) is 5.43 Å². The minimum atomic E-state index is -0.301. The van der Waals surface area contributed by atoms with E-state index in [9.17, 15) is 4.79 Å². The topological polar surface area (TPSA) is 69.2 Å². The van der Waals surface area contributed by atoms with Gasteiger partial charge in [-0.3, -0.25) is 4.79 Å². The Morgan fingerprint density at radius 1 is 1.09 bits per heavy atom.